The molecule has 0 bridgehead atoms. The molecule has 0 fully saturated rings. The number of anilines is 3. The number of hydrogen-bond donors (Lipinski definition) is 0. The summed E-state index contributed by atoms with van der Waals surface area (Å²) < 4.78 is 2.61. The second-order valence-corrected chi connectivity index (χ2v) is 17.5. The van der Waals surface area contributed by atoms with Crippen LogP contribution in [0.5, 0.6) is 0 Å². The fourth-order valence-electron chi connectivity index (χ4n) is 9.57. The van der Waals surface area contributed by atoms with Crippen LogP contribution in [-0.2, 0) is 0 Å². The van der Waals surface area contributed by atoms with Gasteiger partial charge in [0.05, 0.1) is 5.69 Å². The van der Waals surface area contributed by atoms with Gasteiger partial charge in [-0.15, -0.1) is 11.3 Å². The van der Waals surface area contributed by atoms with Crippen LogP contribution in [-0.4, -0.2) is 0 Å². The third-order valence-electron chi connectivity index (χ3n) is 12.7. The monoisotopic (exact) mass is 831 g/mol. The molecule has 12 aromatic rings. The molecular weight excluding hydrogens is 791 g/mol. The summed E-state index contributed by atoms with van der Waals surface area (Å²) in [6, 6.07) is 90.9. The Morgan fingerprint density at radius 2 is 0.750 bits per heavy atom. The first-order valence-electron chi connectivity index (χ1n) is 21.9. The van der Waals surface area contributed by atoms with Gasteiger partial charge < -0.3 is 4.90 Å². The third-order valence-corrected chi connectivity index (χ3v) is 13.9. The maximum atomic E-state index is 2.44. The largest absolute Gasteiger partial charge is 0.310 e. The number of nitrogens with zero attached hydrogens (tertiary/aromatic N) is 1. The van der Waals surface area contributed by atoms with Crippen molar-refractivity contribution in [3.8, 4) is 55.6 Å². The SMILES string of the molecule is c1cc(-c2cccc(N(c3ccc(-c4ccc(-c5cccc6ccccc56)cc4)cc3)c3ccccc3-c3cccc4c3sc3ccccc34)c2)cc(-c2cccc3ccccc23)c1. The number of hydrogen-bond acceptors (Lipinski definition) is 2. The van der Waals surface area contributed by atoms with Crippen LogP contribution in [0.1, 0.15) is 0 Å². The molecule has 0 N–H and O–H groups in total. The van der Waals surface area contributed by atoms with Gasteiger partial charge in [0.1, 0.15) is 0 Å². The molecule has 0 saturated carbocycles. The van der Waals surface area contributed by atoms with E-state index in [4.69, 9.17) is 0 Å². The second kappa shape index (κ2) is 16.0. The molecule has 0 saturated heterocycles. The van der Waals surface area contributed by atoms with Crippen LogP contribution >= 0.6 is 11.3 Å². The molecule has 0 aliphatic carbocycles. The summed E-state index contributed by atoms with van der Waals surface area (Å²) in [4.78, 5) is 2.44. The maximum absolute atomic E-state index is 2.44. The van der Waals surface area contributed by atoms with Crippen molar-refractivity contribution >= 4 is 70.1 Å². The molecule has 0 unspecified atom stereocenters. The number of benzene rings is 11. The smallest absolute Gasteiger partial charge is 0.0540 e. The van der Waals surface area contributed by atoms with Gasteiger partial charge in [-0.05, 0) is 109 Å². The molecule has 1 nitrogen and oxygen atoms in total. The molecule has 1 aromatic heterocycles. The van der Waals surface area contributed by atoms with Crippen molar-refractivity contribution in [3.05, 3.63) is 249 Å². The zero-order valence-corrected chi connectivity index (χ0v) is 35.8. The van der Waals surface area contributed by atoms with Crippen LogP contribution in [0, 0.1) is 0 Å². The van der Waals surface area contributed by atoms with E-state index in [0.29, 0.717) is 0 Å². The Labute approximate surface area is 377 Å². The Hall–Kier alpha value is -8.04. The van der Waals surface area contributed by atoms with Crippen molar-refractivity contribution in [3.63, 3.8) is 0 Å². The molecule has 1 heterocycles. The summed E-state index contributed by atoms with van der Waals surface area (Å²) in [5.74, 6) is 0. The van der Waals surface area contributed by atoms with E-state index >= 15 is 0 Å². The van der Waals surface area contributed by atoms with Gasteiger partial charge in [-0.2, -0.15) is 0 Å². The Morgan fingerprint density at radius 1 is 0.266 bits per heavy atom. The predicted octanol–water partition coefficient (Wildman–Crippen LogP) is 18.2. The van der Waals surface area contributed by atoms with E-state index in [2.05, 4.69) is 254 Å². The van der Waals surface area contributed by atoms with Gasteiger partial charge in [0, 0.05) is 42.7 Å². The molecule has 12 rings (SSSR count). The zero-order chi connectivity index (χ0) is 42.4. The summed E-state index contributed by atoms with van der Waals surface area (Å²) in [7, 11) is 0. The summed E-state index contributed by atoms with van der Waals surface area (Å²) in [5.41, 5.74) is 15.4. The zero-order valence-electron chi connectivity index (χ0n) is 35.0. The summed E-state index contributed by atoms with van der Waals surface area (Å²) in [6.07, 6.45) is 0. The Balaban J connectivity index is 0.971. The maximum Gasteiger partial charge on any atom is 0.0540 e. The highest BCUT2D eigenvalue weighted by atomic mass is 32.1. The minimum Gasteiger partial charge on any atom is -0.310 e. The molecule has 0 aliphatic rings. The third kappa shape index (κ3) is 6.73. The van der Waals surface area contributed by atoms with Gasteiger partial charge in [0.25, 0.3) is 0 Å². The Bertz CT molecular complexity index is 3660. The molecular formula is C62H41NS. The lowest BCUT2D eigenvalue weighted by Crippen LogP contribution is -2.11. The standard InChI is InChI=1S/C62H41NS/c1-3-22-52-44(14-1)16-11-26-54(52)46-34-32-42(33-35-46)43-36-38-50(39-37-43)63(60-30-7-5-24-56(60)58-28-13-29-59-57-25-6-8-31-61(57)64-62(58)59)51-21-10-19-48(41-51)47-18-9-20-49(40-47)55-27-12-17-45-15-2-4-23-53(45)55/h1-41H. The van der Waals surface area contributed by atoms with Gasteiger partial charge in [0.15, 0.2) is 0 Å². The van der Waals surface area contributed by atoms with Gasteiger partial charge in [-0.3, -0.25) is 0 Å². The second-order valence-electron chi connectivity index (χ2n) is 16.4. The molecule has 64 heavy (non-hydrogen) atoms. The van der Waals surface area contributed by atoms with E-state index in [0.717, 1.165) is 22.6 Å². The van der Waals surface area contributed by atoms with Crippen LogP contribution in [0.25, 0.3) is 97.4 Å². The van der Waals surface area contributed by atoms with Crippen LogP contribution < -0.4 is 4.90 Å². The molecule has 11 aromatic carbocycles. The fourth-order valence-corrected chi connectivity index (χ4v) is 10.8. The molecule has 0 amide bonds. The van der Waals surface area contributed by atoms with Crippen LogP contribution in [0.4, 0.5) is 17.1 Å². The van der Waals surface area contributed by atoms with E-state index in [1.807, 2.05) is 11.3 Å². The van der Waals surface area contributed by atoms with Gasteiger partial charge in [-0.25, -0.2) is 0 Å². The minimum absolute atomic E-state index is 1.09. The van der Waals surface area contributed by atoms with Gasteiger partial charge in [-0.1, -0.05) is 206 Å². The van der Waals surface area contributed by atoms with E-state index in [1.54, 1.807) is 0 Å². The van der Waals surface area contributed by atoms with E-state index in [9.17, 15) is 0 Å². The predicted molar refractivity (Wildman–Crippen MR) is 276 cm³/mol. The lowest BCUT2D eigenvalue weighted by atomic mass is 9.95. The highest BCUT2D eigenvalue weighted by molar-refractivity contribution is 7.26. The van der Waals surface area contributed by atoms with Crippen molar-refractivity contribution in [1.82, 2.24) is 0 Å². The first-order valence-corrected chi connectivity index (χ1v) is 22.7. The van der Waals surface area contributed by atoms with E-state index < -0.39 is 0 Å². The normalized spacial score (nSPS) is 11.4. The van der Waals surface area contributed by atoms with Crippen molar-refractivity contribution < 1.29 is 0 Å². The van der Waals surface area contributed by atoms with Crippen molar-refractivity contribution in [2.24, 2.45) is 0 Å². The first kappa shape index (κ1) is 37.7. The average Bonchev–Trinajstić information content (AvgIpc) is 3.76. The molecule has 0 atom stereocenters. The lowest BCUT2D eigenvalue weighted by Gasteiger charge is -2.28. The van der Waals surface area contributed by atoms with Crippen LogP contribution in [0.2, 0.25) is 0 Å². The topological polar surface area (TPSA) is 3.24 Å². The Kier molecular flexibility index (Phi) is 9.43. The molecule has 2 heteroatoms. The highest BCUT2D eigenvalue weighted by Gasteiger charge is 2.20. The fraction of sp³-hybridized carbons (Fsp3) is 0. The number of thiophene rings is 1. The Morgan fingerprint density at radius 3 is 1.50 bits per heavy atom. The summed E-state index contributed by atoms with van der Waals surface area (Å²) >= 11 is 1.88. The molecule has 0 aliphatic heterocycles. The van der Waals surface area contributed by atoms with E-state index in [-0.39, 0.29) is 0 Å². The number of para-hydroxylation sites is 1. The lowest BCUT2D eigenvalue weighted by molar-refractivity contribution is 1.28. The number of rotatable bonds is 8. The van der Waals surface area contributed by atoms with Gasteiger partial charge in [0.2, 0.25) is 0 Å². The minimum atomic E-state index is 1.09. The highest BCUT2D eigenvalue weighted by Crippen LogP contribution is 2.47. The molecule has 0 spiro atoms. The number of fused-ring (bicyclic) bond motifs is 5. The van der Waals surface area contributed by atoms with Crippen LogP contribution in [0.3, 0.4) is 0 Å². The van der Waals surface area contributed by atoms with Crippen molar-refractivity contribution in [2.45, 2.75) is 0 Å². The van der Waals surface area contributed by atoms with Crippen LogP contribution in [0.15, 0.2) is 249 Å². The first-order chi connectivity index (χ1) is 31.7. The molecule has 300 valence electrons. The van der Waals surface area contributed by atoms with E-state index in [1.165, 1.54) is 91.8 Å². The summed E-state index contributed by atoms with van der Waals surface area (Å²) in [6.45, 7) is 0. The summed E-state index contributed by atoms with van der Waals surface area (Å²) in [5, 5.41) is 7.63. The van der Waals surface area contributed by atoms with Crippen molar-refractivity contribution in [2.75, 3.05) is 4.90 Å². The quantitative estimate of drug-likeness (QED) is 0.147. The average molecular weight is 832 g/mol. The van der Waals surface area contributed by atoms with Gasteiger partial charge >= 0.3 is 0 Å². The molecule has 0 radical (unpaired) electrons. The van der Waals surface area contributed by atoms with Crippen molar-refractivity contribution in [1.29, 1.82) is 0 Å².